The van der Waals surface area contributed by atoms with Crippen molar-refractivity contribution in [1.29, 1.82) is 0 Å². The molecule has 0 unspecified atom stereocenters. The number of ether oxygens (including phenoxy) is 3. The lowest BCUT2D eigenvalue weighted by Crippen LogP contribution is -2.10. The zero-order valence-corrected chi connectivity index (χ0v) is 15.7. The van der Waals surface area contributed by atoms with Crippen molar-refractivity contribution in [2.45, 2.75) is 0 Å². The van der Waals surface area contributed by atoms with Crippen molar-refractivity contribution in [2.24, 2.45) is 0 Å². The minimum Gasteiger partial charge on any atom is -0.495 e. The van der Waals surface area contributed by atoms with Crippen molar-refractivity contribution >= 4 is 43.6 Å². The number of furan rings is 1. The average molecular weight is 384 g/mol. The third-order valence-electron chi connectivity index (χ3n) is 4.08. The number of carbonyl (C=O) groups is 1. The van der Waals surface area contributed by atoms with Gasteiger partial charge in [0.2, 0.25) is 0 Å². The Hall–Kier alpha value is -3.26. The van der Waals surface area contributed by atoms with E-state index in [1.165, 1.54) is 11.3 Å². The number of thiazole rings is 1. The lowest BCUT2D eigenvalue weighted by Gasteiger charge is -2.03. The molecule has 0 saturated heterocycles. The molecular weight excluding hydrogens is 368 g/mol. The summed E-state index contributed by atoms with van der Waals surface area (Å²) >= 11 is 1.30. The van der Waals surface area contributed by atoms with Crippen molar-refractivity contribution in [3.05, 3.63) is 42.2 Å². The number of methoxy groups -OCH3 is 3. The van der Waals surface area contributed by atoms with Crippen LogP contribution in [0.5, 0.6) is 17.2 Å². The fourth-order valence-electron chi connectivity index (χ4n) is 2.81. The first-order valence-electron chi connectivity index (χ1n) is 8.04. The molecule has 0 fully saturated rings. The minimum atomic E-state index is -0.398. The van der Waals surface area contributed by atoms with Crippen LogP contribution >= 0.6 is 11.3 Å². The number of hydrogen-bond acceptors (Lipinski definition) is 7. The molecule has 1 amide bonds. The number of amides is 1. The molecule has 0 aliphatic carbocycles. The van der Waals surface area contributed by atoms with Gasteiger partial charge >= 0.3 is 0 Å². The number of carbonyl (C=O) groups excluding carboxylic acids is 1. The van der Waals surface area contributed by atoms with Crippen LogP contribution < -0.4 is 19.5 Å². The molecule has 2 aromatic heterocycles. The highest BCUT2D eigenvalue weighted by atomic mass is 32.1. The molecule has 2 aromatic carbocycles. The Bertz CT molecular complexity index is 1110. The van der Waals surface area contributed by atoms with Crippen molar-refractivity contribution in [3.8, 4) is 17.2 Å². The van der Waals surface area contributed by atoms with Gasteiger partial charge in [0.1, 0.15) is 21.7 Å². The van der Waals surface area contributed by atoms with Crippen molar-refractivity contribution in [2.75, 3.05) is 26.6 Å². The number of hydrogen-bond donors (Lipinski definition) is 1. The molecule has 0 radical (unpaired) electrons. The Morgan fingerprint density at radius 2 is 1.78 bits per heavy atom. The highest BCUT2D eigenvalue weighted by Crippen LogP contribution is 2.39. The third-order valence-corrected chi connectivity index (χ3v) is 5.07. The molecule has 0 aliphatic heterocycles. The zero-order chi connectivity index (χ0) is 19.0. The molecule has 7 nitrogen and oxygen atoms in total. The monoisotopic (exact) mass is 384 g/mol. The first kappa shape index (κ1) is 17.2. The minimum absolute atomic E-state index is 0.174. The molecule has 0 saturated carbocycles. The second kappa shape index (κ2) is 6.81. The standard InChI is InChI=1S/C19H16N2O5S/c1-23-11-7-8-13(25-3)17-15(11)20-19(27-17)21-18(22)14-9-10-5-4-6-12(24-2)16(10)26-14/h4-9H,1-3H3,(H,20,21,22). The Morgan fingerprint density at radius 1 is 1.04 bits per heavy atom. The van der Waals surface area contributed by atoms with E-state index in [0.717, 1.165) is 10.1 Å². The lowest BCUT2D eigenvalue weighted by atomic mass is 10.2. The molecule has 8 heteroatoms. The predicted molar refractivity (Wildman–Crippen MR) is 103 cm³/mol. The third kappa shape index (κ3) is 2.93. The molecule has 4 rings (SSSR count). The lowest BCUT2D eigenvalue weighted by molar-refractivity contribution is 0.0998. The molecule has 0 spiro atoms. The Labute approximate surface area is 158 Å². The van der Waals surface area contributed by atoms with Crippen molar-refractivity contribution in [3.63, 3.8) is 0 Å². The largest absolute Gasteiger partial charge is 0.495 e. The van der Waals surface area contributed by atoms with E-state index < -0.39 is 5.91 Å². The molecule has 2 heterocycles. The normalized spacial score (nSPS) is 10.9. The smallest absolute Gasteiger partial charge is 0.293 e. The van der Waals surface area contributed by atoms with E-state index in [-0.39, 0.29) is 5.76 Å². The van der Waals surface area contributed by atoms with Crippen LogP contribution in [-0.4, -0.2) is 32.2 Å². The second-order valence-electron chi connectivity index (χ2n) is 5.61. The molecule has 0 atom stereocenters. The number of para-hydroxylation sites is 1. The average Bonchev–Trinajstić information content (AvgIpc) is 3.30. The summed E-state index contributed by atoms with van der Waals surface area (Å²) in [7, 11) is 4.71. The number of anilines is 1. The maximum atomic E-state index is 12.6. The summed E-state index contributed by atoms with van der Waals surface area (Å²) < 4.78 is 22.4. The van der Waals surface area contributed by atoms with Gasteiger partial charge in [-0.25, -0.2) is 4.98 Å². The molecule has 4 aromatic rings. The van der Waals surface area contributed by atoms with Crippen LogP contribution in [0.4, 0.5) is 5.13 Å². The molecule has 1 N–H and O–H groups in total. The van der Waals surface area contributed by atoms with Gasteiger partial charge in [0.25, 0.3) is 5.91 Å². The molecule has 27 heavy (non-hydrogen) atoms. The van der Waals surface area contributed by atoms with Crippen molar-refractivity contribution < 1.29 is 23.4 Å². The van der Waals surface area contributed by atoms with Gasteiger partial charge in [0, 0.05) is 5.39 Å². The van der Waals surface area contributed by atoms with Crippen molar-refractivity contribution in [1.82, 2.24) is 4.98 Å². The van der Waals surface area contributed by atoms with E-state index in [2.05, 4.69) is 10.3 Å². The molecule has 0 aliphatic rings. The maximum absolute atomic E-state index is 12.6. The fraction of sp³-hybridized carbons (Fsp3) is 0.158. The Morgan fingerprint density at radius 3 is 2.52 bits per heavy atom. The van der Waals surface area contributed by atoms with Crippen LogP contribution in [0.2, 0.25) is 0 Å². The van der Waals surface area contributed by atoms with E-state index in [1.807, 2.05) is 12.1 Å². The van der Waals surface area contributed by atoms with Crippen LogP contribution in [0.15, 0.2) is 40.8 Å². The van der Waals surface area contributed by atoms with Gasteiger partial charge in [0.15, 0.2) is 22.2 Å². The summed E-state index contributed by atoms with van der Waals surface area (Å²) in [5.74, 6) is 1.62. The molecule has 0 bridgehead atoms. The summed E-state index contributed by atoms with van der Waals surface area (Å²) in [6, 6.07) is 10.7. The van der Waals surface area contributed by atoms with Gasteiger partial charge in [-0.2, -0.15) is 0 Å². The quantitative estimate of drug-likeness (QED) is 0.552. The fourth-order valence-corrected chi connectivity index (χ4v) is 3.78. The van der Waals surface area contributed by atoms with Gasteiger partial charge in [-0.15, -0.1) is 0 Å². The van der Waals surface area contributed by atoms with E-state index in [1.54, 1.807) is 45.6 Å². The van der Waals surface area contributed by atoms with Crippen LogP contribution in [-0.2, 0) is 0 Å². The topological polar surface area (TPSA) is 82.8 Å². The summed E-state index contributed by atoms with van der Waals surface area (Å²) in [6.45, 7) is 0. The van der Waals surface area contributed by atoms with Crippen LogP contribution in [0.25, 0.3) is 21.2 Å². The van der Waals surface area contributed by atoms with Gasteiger partial charge in [-0.05, 0) is 24.3 Å². The highest BCUT2D eigenvalue weighted by molar-refractivity contribution is 7.22. The maximum Gasteiger partial charge on any atom is 0.293 e. The first-order valence-corrected chi connectivity index (χ1v) is 8.85. The van der Waals surface area contributed by atoms with E-state index in [9.17, 15) is 4.79 Å². The number of aromatic nitrogens is 1. The summed E-state index contributed by atoms with van der Waals surface area (Å²) in [4.78, 5) is 17.1. The van der Waals surface area contributed by atoms with E-state index in [4.69, 9.17) is 18.6 Å². The van der Waals surface area contributed by atoms with Gasteiger partial charge in [-0.1, -0.05) is 23.5 Å². The summed E-state index contributed by atoms with van der Waals surface area (Å²) in [5.41, 5.74) is 1.15. The Balaban J connectivity index is 1.69. The Kier molecular flexibility index (Phi) is 4.33. The van der Waals surface area contributed by atoms with Gasteiger partial charge < -0.3 is 18.6 Å². The molecule has 138 valence electrons. The number of nitrogens with zero attached hydrogens (tertiary/aromatic N) is 1. The number of benzene rings is 2. The molecular formula is C19H16N2O5S. The van der Waals surface area contributed by atoms with E-state index >= 15 is 0 Å². The summed E-state index contributed by atoms with van der Waals surface area (Å²) in [5, 5.41) is 3.98. The van der Waals surface area contributed by atoms with Gasteiger partial charge in [0.05, 0.1) is 21.3 Å². The number of fused-ring (bicyclic) bond motifs is 2. The first-order chi connectivity index (χ1) is 13.1. The summed E-state index contributed by atoms with van der Waals surface area (Å²) in [6.07, 6.45) is 0. The van der Waals surface area contributed by atoms with Gasteiger partial charge in [-0.3, -0.25) is 10.1 Å². The predicted octanol–water partition coefficient (Wildman–Crippen LogP) is 4.32. The number of nitrogens with one attached hydrogen (secondary N) is 1. The van der Waals surface area contributed by atoms with Crippen LogP contribution in [0.3, 0.4) is 0 Å². The zero-order valence-electron chi connectivity index (χ0n) is 14.9. The highest BCUT2D eigenvalue weighted by Gasteiger charge is 2.19. The second-order valence-corrected chi connectivity index (χ2v) is 6.61. The van der Waals surface area contributed by atoms with E-state index in [0.29, 0.717) is 33.5 Å². The number of rotatable bonds is 5. The SMILES string of the molecule is COc1ccc(OC)c2sc(NC(=O)c3cc4cccc(OC)c4o3)nc12. The van der Waals surface area contributed by atoms with Crippen LogP contribution in [0.1, 0.15) is 10.6 Å². The van der Waals surface area contributed by atoms with Crippen LogP contribution in [0, 0.1) is 0 Å².